The number of hydrogen-bond acceptors (Lipinski definition) is 2. The van der Waals surface area contributed by atoms with Gasteiger partial charge >= 0.3 is 6.18 Å². The van der Waals surface area contributed by atoms with Crippen molar-refractivity contribution >= 4 is 17.4 Å². The summed E-state index contributed by atoms with van der Waals surface area (Å²) < 4.78 is 42.9. The third kappa shape index (κ3) is 3.41. The van der Waals surface area contributed by atoms with Gasteiger partial charge in [-0.15, -0.1) is 11.6 Å². The van der Waals surface area contributed by atoms with Gasteiger partial charge in [-0.1, -0.05) is 13.8 Å². The zero-order valence-electron chi connectivity index (χ0n) is 10.8. The molecule has 0 aromatic heterocycles. The normalized spacial score (nSPS) is 12.4. The van der Waals surface area contributed by atoms with Crippen LogP contribution in [0.25, 0.3) is 0 Å². The summed E-state index contributed by atoms with van der Waals surface area (Å²) in [5.74, 6) is -0.368. The van der Waals surface area contributed by atoms with E-state index in [4.69, 9.17) is 16.3 Å². The molecular formula is C13H14ClF3O2. The number of ketones is 1. The van der Waals surface area contributed by atoms with Crippen molar-refractivity contribution in [3.05, 3.63) is 29.3 Å². The van der Waals surface area contributed by atoms with Crippen molar-refractivity contribution in [2.24, 2.45) is 5.41 Å². The van der Waals surface area contributed by atoms with Crippen LogP contribution in [0.15, 0.2) is 18.2 Å². The summed E-state index contributed by atoms with van der Waals surface area (Å²) in [4.78, 5) is 12.2. The molecule has 0 aliphatic rings. The number of carbonyl (C=O) groups is 1. The largest absolute Gasteiger partial charge is 0.496 e. The van der Waals surface area contributed by atoms with E-state index in [1.165, 1.54) is 7.11 Å². The van der Waals surface area contributed by atoms with E-state index in [-0.39, 0.29) is 17.2 Å². The lowest BCUT2D eigenvalue weighted by atomic mass is 9.85. The number of ether oxygens (including phenoxy) is 1. The van der Waals surface area contributed by atoms with Gasteiger partial charge in [0.15, 0.2) is 5.78 Å². The average molecular weight is 295 g/mol. The van der Waals surface area contributed by atoms with Crippen LogP contribution in [0.3, 0.4) is 0 Å². The Morgan fingerprint density at radius 2 is 1.89 bits per heavy atom. The number of Topliss-reactive ketones (excluding diaryl/α,β-unsaturated/α-hetero) is 1. The molecule has 6 heteroatoms. The van der Waals surface area contributed by atoms with Gasteiger partial charge in [-0.05, 0) is 18.2 Å². The first-order valence-electron chi connectivity index (χ1n) is 5.49. The highest BCUT2D eigenvalue weighted by Crippen LogP contribution is 2.35. The van der Waals surface area contributed by atoms with E-state index < -0.39 is 22.9 Å². The Hall–Kier alpha value is -1.23. The first-order chi connectivity index (χ1) is 8.63. The molecular weight excluding hydrogens is 281 g/mol. The molecule has 0 saturated heterocycles. The van der Waals surface area contributed by atoms with Gasteiger partial charge in [0.1, 0.15) is 5.75 Å². The fourth-order valence-corrected chi connectivity index (χ4v) is 1.61. The lowest BCUT2D eigenvalue weighted by molar-refractivity contribution is -0.137. The van der Waals surface area contributed by atoms with Crippen molar-refractivity contribution in [2.75, 3.05) is 13.0 Å². The number of benzene rings is 1. The minimum Gasteiger partial charge on any atom is -0.496 e. The molecule has 0 aliphatic carbocycles. The van der Waals surface area contributed by atoms with Gasteiger partial charge in [-0.3, -0.25) is 4.79 Å². The first kappa shape index (κ1) is 15.8. The highest BCUT2D eigenvalue weighted by atomic mass is 35.5. The second-order valence-electron chi connectivity index (χ2n) is 4.76. The Balaban J connectivity index is 3.36. The molecule has 0 unspecified atom stereocenters. The monoisotopic (exact) mass is 294 g/mol. The molecule has 1 rings (SSSR count). The van der Waals surface area contributed by atoms with Gasteiger partial charge in [0.05, 0.1) is 18.2 Å². The van der Waals surface area contributed by atoms with Crippen molar-refractivity contribution in [3.63, 3.8) is 0 Å². The number of rotatable bonds is 4. The Bertz CT molecular complexity index is 481. The second kappa shape index (κ2) is 5.41. The van der Waals surface area contributed by atoms with Crippen molar-refractivity contribution < 1.29 is 22.7 Å². The van der Waals surface area contributed by atoms with Crippen molar-refractivity contribution in [1.29, 1.82) is 0 Å². The van der Waals surface area contributed by atoms with Crippen LogP contribution in [-0.2, 0) is 6.18 Å². The topological polar surface area (TPSA) is 26.3 Å². The highest BCUT2D eigenvalue weighted by molar-refractivity contribution is 6.21. The summed E-state index contributed by atoms with van der Waals surface area (Å²) in [6, 6.07) is 2.82. The summed E-state index contributed by atoms with van der Waals surface area (Å²) in [6.45, 7) is 3.14. The minimum absolute atomic E-state index is 0.00519. The van der Waals surface area contributed by atoms with Gasteiger partial charge in [-0.25, -0.2) is 0 Å². The Morgan fingerprint density at radius 3 is 2.32 bits per heavy atom. The predicted molar refractivity (Wildman–Crippen MR) is 66.8 cm³/mol. The maximum absolute atomic E-state index is 12.7. The van der Waals surface area contributed by atoms with Gasteiger partial charge in [0.25, 0.3) is 0 Å². The molecule has 0 N–H and O–H groups in total. The standard InChI is InChI=1S/C13H14ClF3O2/c1-12(2,7-14)11(18)9-6-8(13(15,16)17)4-5-10(9)19-3/h4-6H,7H2,1-3H3. The van der Waals surface area contributed by atoms with Gasteiger partial charge < -0.3 is 4.74 Å². The minimum atomic E-state index is -4.51. The van der Waals surface area contributed by atoms with Crippen molar-refractivity contribution in [3.8, 4) is 5.75 Å². The third-order valence-electron chi connectivity index (χ3n) is 2.72. The fraction of sp³-hybridized carbons (Fsp3) is 0.462. The number of alkyl halides is 4. The van der Waals surface area contributed by atoms with E-state index >= 15 is 0 Å². The molecule has 19 heavy (non-hydrogen) atoms. The molecule has 0 radical (unpaired) electrons. The van der Waals surface area contributed by atoms with Gasteiger partial charge in [-0.2, -0.15) is 13.2 Å². The summed E-state index contributed by atoms with van der Waals surface area (Å²) in [5, 5.41) is 0. The van der Waals surface area contributed by atoms with E-state index in [1.54, 1.807) is 13.8 Å². The molecule has 0 spiro atoms. The quantitative estimate of drug-likeness (QED) is 0.615. The number of hydrogen-bond donors (Lipinski definition) is 0. The molecule has 0 amide bonds. The Morgan fingerprint density at radius 1 is 1.32 bits per heavy atom. The number of carbonyl (C=O) groups excluding carboxylic acids is 1. The lowest BCUT2D eigenvalue weighted by Crippen LogP contribution is -2.27. The molecule has 0 fully saturated rings. The smallest absolute Gasteiger partial charge is 0.416 e. The number of methoxy groups -OCH3 is 1. The zero-order valence-corrected chi connectivity index (χ0v) is 11.5. The van der Waals surface area contributed by atoms with Crippen LogP contribution in [0, 0.1) is 5.41 Å². The average Bonchev–Trinajstić information content (AvgIpc) is 2.35. The summed E-state index contributed by atoms with van der Waals surface area (Å²) in [6.07, 6.45) is -4.51. The highest BCUT2D eigenvalue weighted by Gasteiger charge is 2.35. The first-order valence-corrected chi connectivity index (χ1v) is 6.03. The summed E-state index contributed by atoms with van der Waals surface area (Å²) in [7, 11) is 1.30. The Kier molecular flexibility index (Phi) is 4.50. The van der Waals surface area contributed by atoms with Crippen LogP contribution in [0.4, 0.5) is 13.2 Å². The van der Waals surface area contributed by atoms with Crippen LogP contribution in [0.2, 0.25) is 0 Å². The summed E-state index contributed by atoms with van der Waals surface area (Å²) in [5.41, 5.74) is -1.95. The Labute approximate surface area is 114 Å². The molecule has 0 bridgehead atoms. The van der Waals surface area contributed by atoms with Gasteiger partial charge in [0, 0.05) is 11.3 Å². The molecule has 0 saturated carbocycles. The fourth-order valence-electron chi connectivity index (χ4n) is 1.49. The van der Waals surface area contributed by atoms with Crippen LogP contribution in [0.5, 0.6) is 5.75 Å². The van der Waals surface area contributed by atoms with Crippen LogP contribution in [0.1, 0.15) is 29.8 Å². The number of halogens is 4. The van der Waals surface area contributed by atoms with Crippen molar-refractivity contribution in [1.82, 2.24) is 0 Å². The molecule has 1 aromatic rings. The second-order valence-corrected chi connectivity index (χ2v) is 5.03. The molecule has 0 heterocycles. The van der Waals surface area contributed by atoms with Crippen molar-refractivity contribution in [2.45, 2.75) is 20.0 Å². The maximum atomic E-state index is 12.7. The molecule has 106 valence electrons. The SMILES string of the molecule is COc1ccc(C(F)(F)F)cc1C(=O)C(C)(C)CCl. The predicted octanol–water partition coefficient (Wildman–Crippen LogP) is 4.16. The molecule has 2 nitrogen and oxygen atoms in total. The van der Waals surface area contributed by atoms with E-state index in [1.807, 2.05) is 0 Å². The van der Waals surface area contributed by atoms with E-state index in [9.17, 15) is 18.0 Å². The molecule has 0 atom stereocenters. The third-order valence-corrected chi connectivity index (χ3v) is 3.39. The van der Waals surface area contributed by atoms with E-state index in [2.05, 4.69) is 0 Å². The zero-order chi connectivity index (χ0) is 14.8. The lowest BCUT2D eigenvalue weighted by Gasteiger charge is -2.21. The van der Waals surface area contributed by atoms with Crippen LogP contribution in [-0.4, -0.2) is 18.8 Å². The molecule has 1 aromatic carbocycles. The van der Waals surface area contributed by atoms with E-state index in [0.29, 0.717) is 0 Å². The van der Waals surface area contributed by atoms with Crippen LogP contribution < -0.4 is 4.74 Å². The van der Waals surface area contributed by atoms with Crippen LogP contribution >= 0.6 is 11.6 Å². The molecule has 0 aliphatic heterocycles. The van der Waals surface area contributed by atoms with Gasteiger partial charge in [0.2, 0.25) is 0 Å². The summed E-state index contributed by atoms with van der Waals surface area (Å²) >= 11 is 5.68. The maximum Gasteiger partial charge on any atom is 0.416 e. The van der Waals surface area contributed by atoms with E-state index in [0.717, 1.165) is 18.2 Å².